The van der Waals surface area contributed by atoms with E-state index in [1.165, 1.54) is 17.2 Å². The molecule has 6 N–H and O–H groups in total. The number of imidazole rings is 1. The predicted octanol–water partition coefficient (Wildman–Crippen LogP) is -0.859. The van der Waals surface area contributed by atoms with Crippen LogP contribution in [-0.4, -0.2) is 66.7 Å². The molecule has 0 bridgehead atoms. The van der Waals surface area contributed by atoms with Gasteiger partial charge in [0.25, 0.3) is 0 Å². The van der Waals surface area contributed by atoms with E-state index in [-0.39, 0.29) is 12.2 Å². The third kappa shape index (κ3) is 3.71. The van der Waals surface area contributed by atoms with Crippen molar-refractivity contribution >= 4 is 23.0 Å². The summed E-state index contributed by atoms with van der Waals surface area (Å²) in [5.41, 5.74) is 13.4. The van der Waals surface area contributed by atoms with E-state index in [2.05, 4.69) is 15.0 Å². The van der Waals surface area contributed by atoms with Gasteiger partial charge in [-0.25, -0.2) is 15.0 Å². The highest BCUT2D eigenvalue weighted by Gasteiger charge is 2.48. The van der Waals surface area contributed by atoms with E-state index >= 15 is 0 Å². The molecular weight excluding hydrogens is 392 g/mol. The minimum absolute atomic E-state index is 0.175. The maximum absolute atomic E-state index is 12.6. The number of aliphatic hydroxyl groups excluding tert-OH is 2. The summed E-state index contributed by atoms with van der Waals surface area (Å²) in [5, 5.41) is 20.1. The van der Waals surface area contributed by atoms with Crippen molar-refractivity contribution in [3.8, 4) is 0 Å². The molecule has 1 aromatic carbocycles. The third-order valence-corrected chi connectivity index (χ3v) is 5.01. The summed E-state index contributed by atoms with van der Waals surface area (Å²) in [6.45, 7) is -0.467. The molecule has 2 aromatic heterocycles. The van der Waals surface area contributed by atoms with Crippen molar-refractivity contribution in [3.05, 3.63) is 48.5 Å². The molecule has 30 heavy (non-hydrogen) atoms. The number of ether oxygens (including phenoxy) is 2. The van der Waals surface area contributed by atoms with Crippen molar-refractivity contribution in [2.45, 2.75) is 37.0 Å². The summed E-state index contributed by atoms with van der Waals surface area (Å²) in [6, 6.07) is 8.33. The first-order valence-electron chi connectivity index (χ1n) is 9.37. The smallest absolute Gasteiger partial charge is 0.323 e. The zero-order valence-electron chi connectivity index (χ0n) is 15.9. The molecule has 0 amide bonds. The van der Waals surface area contributed by atoms with Crippen LogP contribution in [0.1, 0.15) is 11.8 Å². The molecule has 0 saturated carbocycles. The van der Waals surface area contributed by atoms with Crippen molar-refractivity contribution in [3.63, 3.8) is 0 Å². The number of nitrogens with two attached hydrogens (primary N) is 2. The van der Waals surface area contributed by atoms with Crippen molar-refractivity contribution < 1.29 is 24.5 Å². The molecule has 3 aromatic rings. The van der Waals surface area contributed by atoms with Gasteiger partial charge in [0, 0.05) is 0 Å². The Morgan fingerprint density at radius 2 is 2.03 bits per heavy atom. The number of aliphatic hydroxyl groups is 2. The Bertz CT molecular complexity index is 1030. The van der Waals surface area contributed by atoms with Crippen LogP contribution in [-0.2, 0) is 20.7 Å². The van der Waals surface area contributed by atoms with Crippen molar-refractivity contribution in [1.82, 2.24) is 19.5 Å². The van der Waals surface area contributed by atoms with Crippen molar-refractivity contribution in [2.75, 3.05) is 12.3 Å². The molecule has 158 valence electrons. The van der Waals surface area contributed by atoms with Gasteiger partial charge in [0.2, 0.25) is 0 Å². The number of carbonyl (C=O) groups excluding carboxylic acids is 1. The Balaban J connectivity index is 1.57. The largest absolute Gasteiger partial charge is 0.453 e. The fourth-order valence-corrected chi connectivity index (χ4v) is 3.45. The molecule has 11 nitrogen and oxygen atoms in total. The van der Waals surface area contributed by atoms with Crippen LogP contribution < -0.4 is 11.5 Å². The Hall–Kier alpha value is -3.12. The van der Waals surface area contributed by atoms with E-state index in [9.17, 15) is 15.0 Å². The molecule has 1 aliphatic heterocycles. The first-order valence-corrected chi connectivity index (χ1v) is 9.37. The summed E-state index contributed by atoms with van der Waals surface area (Å²) >= 11 is 0. The molecule has 0 spiro atoms. The van der Waals surface area contributed by atoms with Crippen LogP contribution >= 0.6 is 0 Å². The molecule has 11 heteroatoms. The average Bonchev–Trinajstić information content (AvgIpc) is 3.31. The second-order valence-electron chi connectivity index (χ2n) is 7.02. The number of rotatable bonds is 6. The Morgan fingerprint density at radius 1 is 1.27 bits per heavy atom. The molecule has 1 fully saturated rings. The topological polar surface area (TPSA) is 172 Å². The summed E-state index contributed by atoms with van der Waals surface area (Å²) in [5.74, 6) is -0.525. The van der Waals surface area contributed by atoms with Crippen LogP contribution in [0.15, 0.2) is 43.0 Å². The summed E-state index contributed by atoms with van der Waals surface area (Å²) in [6.07, 6.45) is -1.41. The lowest BCUT2D eigenvalue weighted by atomic mass is 10.1. The molecular formula is C19H22N6O5. The zero-order valence-corrected chi connectivity index (χ0v) is 15.9. The minimum atomic E-state index is -1.27. The molecule has 0 radical (unpaired) electrons. The summed E-state index contributed by atoms with van der Waals surface area (Å²) < 4.78 is 12.7. The van der Waals surface area contributed by atoms with E-state index in [1.54, 1.807) is 0 Å². The number of carbonyl (C=O) groups is 1. The number of nitrogens with zero attached hydrogens (tertiary/aromatic N) is 4. The van der Waals surface area contributed by atoms with E-state index < -0.39 is 43.2 Å². The number of aromatic nitrogens is 4. The highest BCUT2D eigenvalue weighted by Crippen LogP contribution is 2.34. The van der Waals surface area contributed by atoms with Gasteiger partial charge in [-0.2, -0.15) is 0 Å². The maximum atomic E-state index is 12.6. The maximum Gasteiger partial charge on any atom is 0.323 e. The van der Waals surface area contributed by atoms with Crippen LogP contribution in [0.2, 0.25) is 0 Å². The average molecular weight is 414 g/mol. The van der Waals surface area contributed by atoms with Crippen LogP contribution in [0, 0.1) is 0 Å². The SMILES string of the molecule is Nc1ncnc2c1ncn2[C@@H]1O[C@H](CO)[C@@H](O)[C@H]1OC(=O)C(N)Cc1ccccc1. The van der Waals surface area contributed by atoms with E-state index in [0.717, 1.165) is 5.56 Å². The molecule has 5 atom stereocenters. The molecule has 4 rings (SSSR count). The van der Waals surface area contributed by atoms with Crippen LogP contribution in [0.3, 0.4) is 0 Å². The van der Waals surface area contributed by atoms with Crippen LogP contribution in [0.4, 0.5) is 5.82 Å². The lowest BCUT2D eigenvalue weighted by molar-refractivity contribution is -0.160. The van der Waals surface area contributed by atoms with Crippen molar-refractivity contribution in [2.24, 2.45) is 5.73 Å². The van der Waals surface area contributed by atoms with Crippen LogP contribution in [0.5, 0.6) is 0 Å². The fraction of sp³-hybridized carbons (Fsp3) is 0.368. The first-order chi connectivity index (χ1) is 14.5. The van der Waals surface area contributed by atoms with E-state index in [4.69, 9.17) is 20.9 Å². The van der Waals surface area contributed by atoms with Gasteiger partial charge in [0.05, 0.1) is 12.9 Å². The summed E-state index contributed by atoms with van der Waals surface area (Å²) in [4.78, 5) is 24.8. The molecule has 1 unspecified atom stereocenters. The van der Waals surface area contributed by atoms with Gasteiger partial charge in [0.1, 0.15) is 30.1 Å². The standard InChI is InChI=1S/C19H22N6O5/c20-11(6-10-4-2-1-3-5-10)19(28)30-15-14(27)12(7-26)29-18(15)25-9-24-13-16(21)22-8-23-17(13)25/h1-5,8-9,11-12,14-15,18,26-27H,6-7,20H2,(H2,21,22,23)/t11?,12-,14-,15-,18-/m1/s1. The Labute approximate surface area is 171 Å². The van der Waals surface area contributed by atoms with E-state index in [1.807, 2.05) is 30.3 Å². The number of esters is 1. The number of hydrogen-bond donors (Lipinski definition) is 4. The highest BCUT2D eigenvalue weighted by atomic mass is 16.6. The lowest BCUT2D eigenvalue weighted by Gasteiger charge is -2.23. The predicted molar refractivity (Wildman–Crippen MR) is 105 cm³/mol. The number of fused-ring (bicyclic) bond motifs is 1. The van der Waals surface area contributed by atoms with Gasteiger partial charge in [-0.3, -0.25) is 9.36 Å². The fourth-order valence-electron chi connectivity index (χ4n) is 3.45. The second-order valence-corrected chi connectivity index (χ2v) is 7.02. The monoisotopic (exact) mass is 414 g/mol. The lowest BCUT2D eigenvalue weighted by Crippen LogP contribution is -2.42. The number of anilines is 1. The summed E-state index contributed by atoms with van der Waals surface area (Å²) in [7, 11) is 0. The van der Waals surface area contributed by atoms with Gasteiger partial charge >= 0.3 is 5.97 Å². The quantitative estimate of drug-likeness (QED) is 0.372. The number of nitrogen functional groups attached to an aromatic ring is 1. The van der Waals surface area contributed by atoms with E-state index in [0.29, 0.717) is 11.2 Å². The van der Waals surface area contributed by atoms with Gasteiger partial charge in [0.15, 0.2) is 23.8 Å². The second kappa shape index (κ2) is 8.32. The third-order valence-electron chi connectivity index (χ3n) is 5.01. The van der Waals surface area contributed by atoms with Gasteiger partial charge in [-0.15, -0.1) is 0 Å². The van der Waals surface area contributed by atoms with Crippen molar-refractivity contribution in [1.29, 1.82) is 0 Å². The minimum Gasteiger partial charge on any atom is -0.453 e. The molecule has 0 aliphatic carbocycles. The molecule has 1 aliphatic rings. The molecule has 3 heterocycles. The highest BCUT2D eigenvalue weighted by molar-refractivity contribution is 5.81. The van der Waals surface area contributed by atoms with Crippen LogP contribution in [0.25, 0.3) is 11.2 Å². The number of benzene rings is 1. The van der Waals surface area contributed by atoms with Gasteiger partial charge in [-0.1, -0.05) is 30.3 Å². The normalized spacial score (nSPS) is 24.8. The Morgan fingerprint density at radius 3 is 2.77 bits per heavy atom. The molecule has 1 saturated heterocycles. The van der Waals surface area contributed by atoms with Gasteiger partial charge in [-0.05, 0) is 12.0 Å². The zero-order chi connectivity index (χ0) is 21.3. The Kier molecular flexibility index (Phi) is 5.59. The van der Waals surface area contributed by atoms with Gasteiger partial charge < -0.3 is 31.2 Å². The number of hydrogen-bond acceptors (Lipinski definition) is 10. The first kappa shape index (κ1) is 20.2.